The topological polar surface area (TPSA) is 17.1 Å². The molecule has 0 radical (unpaired) electrons. The van der Waals surface area contributed by atoms with Crippen molar-refractivity contribution in [3.05, 3.63) is 33.5 Å². The predicted molar refractivity (Wildman–Crippen MR) is 49.3 cm³/mol. The second-order valence-electron chi connectivity index (χ2n) is 2.56. The van der Waals surface area contributed by atoms with E-state index in [9.17, 15) is 22.4 Å². The predicted octanol–water partition coefficient (Wildman–Crippen LogP) is 3.99. The Morgan fingerprint density at radius 1 is 1.33 bits per heavy atom. The highest BCUT2D eigenvalue weighted by Gasteiger charge is 2.36. The summed E-state index contributed by atoms with van der Waals surface area (Å²) in [7, 11) is 0. The van der Waals surface area contributed by atoms with Gasteiger partial charge in [-0.15, -0.1) is 0 Å². The molecule has 0 saturated heterocycles. The molecule has 0 N–H and O–H groups in total. The van der Waals surface area contributed by atoms with Gasteiger partial charge in [0.15, 0.2) is 0 Å². The van der Waals surface area contributed by atoms with Crippen molar-refractivity contribution in [1.82, 2.24) is 0 Å². The monoisotopic (exact) mass is 304 g/mol. The minimum Gasteiger partial charge on any atom is -0.275 e. The van der Waals surface area contributed by atoms with Crippen LogP contribution < -0.4 is 0 Å². The third-order valence-electron chi connectivity index (χ3n) is 1.59. The van der Waals surface area contributed by atoms with Gasteiger partial charge in [0.25, 0.3) is 5.24 Å². The van der Waals surface area contributed by atoms with E-state index in [0.717, 1.165) is 6.07 Å². The second-order valence-corrected chi connectivity index (χ2v) is 3.75. The normalized spacial score (nSPS) is 11.6. The van der Waals surface area contributed by atoms with Crippen molar-refractivity contribution >= 4 is 32.8 Å². The lowest BCUT2D eigenvalue weighted by Crippen LogP contribution is -2.11. The molecule has 0 atom stereocenters. The van der Waals surface area contributed by atoms with Crippen molar-refractivity contribution < 1.29 is 22.4 Å². The van der Waals surface area contributed by atoms with E-state index in [2.05, 4.69) is 15.9 Å². The summed E-state index contributed by atoms with van der Waals surface area (Å²) >= 11 is 7.70. The Bertz CT molecular complexity index is 416. The summed E-state index contributed by atoms with van der Waals surface area (Å²) in [5, 5.41) is -1.29. The SMILES string of the molecule is O=C(Cl)c1c(Br)ccc(C(F)(F)F)c1F. The van der Waals surface area contributed by atoms with E-state index in [0.29, 0.717) is 6.07 Å². The number of rotatable bonds is 1. The first-order chi connectivity index (χ1) is 6.75. The summed E-state index contributed by atoms with van der Waals surface area (Å²) in [6.07, 6.45) is -4.86. The van der Waals surface area contributed by atoms with Gasteiger partial charge < -0.3 is 0 Å². The van der Waals surface area contributed by atoms with Gasteiger partial charge in [0.1, 0.15) is 5.82 Å². The van der Waals surface area contributed by atoms with Gasteiger partial charge in [-0.25, -0.2) is 4.39 Å². The molecule has 0 bridgehead atoms. The quantitative estimate of drug-likeness (QED) is 0.566. The van der Waals surface area contributed by atoms with Crippen LogP contribution in [0, 0.1) is 5.82 Å². The van der Waals surface area contributed by atoms with Gasteiger partial charge in [-0.2, -0.15) is 13.2 Å². The lowest BCUT2D eigenvalue weighted by Gasteiger charge is -2.10. The van der Waals surface area contributed by atoms with Crippen LogP contribution in [0.1, 0.15) is 15.9 Å². The van der Waals surface area contributed by atoms with Gasteiger partial charge >= 0.3 is 6.18 Å². The summed E-state index contributed by atoms with van der Waals surface area (Å²) in [4.78, 5) is 10.7. The Morgan fingerprint density at radius 2 is 1.87 bits per heavy atom. The van der Waals surface area contributed by atoms with Crippen LogP contribution in [0.15, 0.2) is 16.6 Å². The van der Waals surface area contributed by atoms with Gasteiger partial charge in [0.2, 0.25) is 0 Å². The van der Waals surface area contributed by atoms with Crippen LogP contribution in [0.25, 0.3) is 0 Å². The molecule has 0 saturated carbocycles. The highest BCUT2D eigenvalue weighted by molar-refractivity contribution is 9.10. The van der Waals surface area contributed by atoms with E-state index in [1.165, 1.54) is 0 Å². The fourth-order valence-electron chi connectivity index (χ4n) is 0.952. The fourth-order valence-corrected chi connectivity index (χ4v) is 1.74. The first-order valence-electron chi connectivity index (χ1n) is 3.50. The molecule has 1 rings (SSSR count). The van der Waals surface area contributed by atoms with E-state index in [4.69, 9.17) is 11.6 Å². The molecule has 0 fully saturated rings. The van der Waals surface area contributed by atoms with Crippen LogP contribution >= 0.6 is 27.5 Å². The second kappa shape index (κ2) is 4.09. The summed E-state index contributed by atoms with van der Waals surface area (Å²) in [5.41, 5.74) is -2.33. The number of halogens is 6. The summed E-state index contributed by atoms with van der Waals surface area (Å²) in [5.74, 6) is -1.67. The number of hydrogen-bond donors (Lipinski definition) is 0. The third kappa shape index (κ3) is 2.49. The van der Waals surface area contributed by atoms with Gasteiger partial charge in [-0.1, -0.05) is 0 Å². The maximum absolute atomic E-state index is 13.2. The molecule has 0 aliphatic carbocycles. The van der Waals surface area contributed by atoms with Crippen LogP contribution in [0.2, 0.25) is 0 Å². The zero-order valence-corrected chi connectivity index (χ0v) is 9.17. The maximum Gasteiger partial charge on any atom is 0.419 e. The molecule has 0 amide bonds. The van der Waals surface area contributed by atoms with Crippen molar-refractivity contribution in [2.45, 2.75) is 6.18 Å². The average Bonchev–Trinajstić information content (AvgIpc) is 2.00. The molecule has 0 aliphatic rings. The molecule has 0 aliphatic heterocycles. The molecular weight excluding hydrogens is 303 g/mol. The van der Waals surface area contributed by atoms with Crippen LogP contribution in [0.5, 0.6) is 0 Å². The van der Waals surface area contributed by atoms with Crippen molar-refractivity contribution in [3.63, 3.8) is 0 Å². The Hall–Kier alpha value is -0.620. The summed E-state index contributed by atoms with van der Waals surface area (Å²) < 4.78 is 49.7. The number of benzene rings is 1. The number of hydrogen-bond acceptors (Lipinski definition) is 1. The molecule has 1 aromatic carbocycles. The molecule has 15 heavy (non-hydrogen) atoms. The van der Waals surface area contributed by atoms with Crippen molar-refractivity contribution in [2.75, 3.05) is 0 Å². The minimum atomic E-state index is -4.86. The van der Waals surface area contributed by atoms with E-state index in [-0.39, 0.29) is 4.47 Å². The lowest BCUT2D eigenvalue weighted by atomic mass is 10.1. The lowest BCUT2D eigenvalue weighted by molar-refractivity contribution is -0.140. The van der Waals surface area contributed by atoms with Gasteiger partial charge in [-0.3, -0.25) is 4.79 Å². The smallest absolute Gasteiger partial charge is 0.275 e. The first kappa shape index (κ1) is 12.4. The highest BCUT2D eigenvalue weighted by Crippen LogP contribution is 2.35. The Kier molecular flexibility index (Phi) is 3.40. The molecular formula is C8H2BrClF4O. The van der Waals surface area contributed by atoms with Crippen LogP contribution in [0.4, 0.5) is 17.6 Å². The number of carbonyl (C=O) groups is 1. The van der Waals surface area contributed by atoms with Crippen molar-refractivity contribution in [1.29, 1.82) is 0 Å². The minimum absolute atomic E-state index is 0.118. The maximum atomic E-state index is 13.2. The Labute approximate surface area is 95.2 Å². The molecule has 1 nitrogen and oxygen atoms in total. The van der Waals surface area contributed by atoms with Crippen LogP contribution in [0.3, 0.4) is 0 Å². The van der Waals surface area contributed by atoms with Crippen LogP contribution in [-0.4, -0.2) is 5.24 Å². The molecule has 82 valence electrons. The van der Waals surface area contributed by atoms with E-state index < -0.39 is 28.4 Å². The fraction of sp³-hybridized carbons (Fsp3) is 0.125. The van der Waals surface area contributed by atoms with Gasteiger partial charge in [0.05, 0.1) is 11.1 Å². The van der Waals surface area contributed by atoms with Gasteiger partial charge in [0, 0.05) is 4.47 Å². The van der Waals surface area contributed by atoms with Crippen molar-refractivity contribution in [2.24, 2.45) is 0 Å². The molecule has 0 spiro atoms. The molecule has 0 unspecified atom stereocenters. The average molecular weight is 305 g/mol. The number of alkyl halides is 3. The van der Waals surface area contributed by atoms with Crippen LogP contribution in [-0.2, 0) is 6.18 Å². The summed E-state index contributed by atoms with van der Waals surface area (Å²) in [6, 6.07) is 1.45. The molecule has 1 aromatic rings. The Morgan fingerprint density at radius 3 is 2.27 bits per heavy atom. The largest absolute Gasteiger partial charge is 0.419 e. The third-order valence-corrected chi connectivity index (χ3v) is 2.44. The number of carbonyl (C=O) groups excluding carboxylic acids is 1. The zero-order chi connectivity index (χ0) is 11.8. The van der Waals surface area contributed by atoms with E-state index >= 15 is 0 Å². The standard InChI is InChI=1S/C8H2BrClF4O/c9-4-2-1-3(8(12,13)14)6(11)5(4)7(10)15/h1-2H. The molecule has 0 aromatic heterocycles. The van der Waals surface area contributed by atoms with Crippen molar-refractivity contribution in [3.8, 4) is 0 Å². The summed E-state index contributed by atoms with van der Waals surface area (Å²) in [6.45, 7) is 0. The Balaban J connectivity index is 3.49. The zero-order valence-electron chi connectivity index (χ0n) is 6.83. The molecule has 7 heteroatoms. The van der Waals surface area contributed by atoms with E-state index in [1.807, 2.05) is 0 Å². The highest BCUT2D eigenvalue weighted by atomic mass is 79.9. The van der Waals surface area contributed by atoms with Gasteiger partial charge in [-0.05, 0) is 39.7 Å². The molecule has 0 heterocycles. The first-order valence-corrected chi connectivity index (χ1v) is 4.67. The van der Waals surface area contributed by atoms with E-state index in [1.54, 1.807) is 0 Å².